The van der Waals surface area contributed by atoms with E-state index in [0.717, 1.165) is 17.4 Å². The maximum atomic E-state index is 10.5. The molecule has 1 aromatic heterocycles. The molecule has 3 nitrogen and oxygen atoms in total. The van der Waals surface area contributed by atoms with Gasteiger partial charge in [-0.2, -0.15) is 0 Å². The number of furan rings is 1. The Balaban J connectivity index is 2.42. The van der Waals surface area contributed by atoms with E-state index in [1.807, 2.05) is 18.2 Å². The monoisotopic (exact) mass is 204 g/mol. The molecule has 0 saturated carbocycles. The van der Waals surface area contributed by atoms with Gasteiger partial charge in [0, 0.05) is 5.39 Å². The number of benzene rings is 1. The number of aryl methyl sites for hydroxylation is 1. The van der Waals surface area contributed by atoms with Gasteiger partial charge in [-0.05, 0) is 30.2 Å². The van der Waals surface area contributed by atoms with Crippen LogP contribution in [-0.4, -0.2) is 11.1 Å². The van der Waals surface area contributed by atoms with Crippen LogP contribution in [0.3, 0.4) is 0 Å². The van der Waals surface area contributed by atoms with E-state index in [-0.39, 0.29) is 6.42 Å². The van der Waals surface area contributed by atoms with Crippen LogP contribution >= 0.6 is 0 Å². The molecule has 0 saturated heterocycles. The molecule has 0 unspecified atom stereocenters. The fourth-order valence-corrected chi connectivity index (χ4v) is 1.60. The van der Waals surface area contributed by atoms with Gasteiger partial charge in [0.25, 0.3) is 0 Å². The van der Waals surface area contributed by atoms with Gasteiger partial charge in [-0.3, -0.25) is 4.79 Å². The number of carbonyl (C=O) groups is 1. The number of carboxylic acids is 1. The number of aliphatic carboxylic acids is 1. The number of rotatable bonds is 3. The first-order chi connectivity index (χ1) is 7.19. The summed E-state index contributed by atoms with van der Waals surface area (Å²) in [5.74, 6) is -0.365. The molecule has 0 aliphatic heterocycles. The van der Waals surface area contributed by atoms with Gasteiger partial charge in [-0.15, -0.1) is 0 Å². The molecule has 0 fully saturated rings. The minimum Gasteiger partial charge on any atom is -0.481 e. The Labute approximate surface area is 87.3 Å². The number of carboxylic acid groups (broad SMARTS) is 1. The predicted molar refractivity (Wildman–Crippen MR) is 56.9 cm³/mol. The van der Waals surface area contributed by atoms with Crippen molar-refractivity contribution in [1.29, 1.82) is 0 Å². The van der Waals surface area contributed by atoms with Crippen molar-refractivity contribution in [1.82, 2.24) is 0 Å². The molecule has 2 aromatic rings. The van der Waals surface area contributed by atoms with Crippen molar-refractivity contribution in [3.8, 4) is 0 Å². The molecule has 0 amide bonds. The van der Waals surface area contributed by atoms with Crippen molar-refractivity contribution in [2.24, 2.45) is 0 Å². The minimum atomic E-state index is -0.871. The SMILES string of the molecule is CCc1ccc2oc(CC(=O)O)cc2c1. The van der Waals surface area contributed by atoms with Gasteiger partial charge in [-0.1, -0.05) is 13.0 Å². The molecule has 0 bridgehead atoms. The Hall–Kier alpha value is -1.77. The average molecular weight is 204 g/mol. The van der Waals surface area contributed by atoms with Gasteiger partial charge in [0.1, 0.15) is 17.8 Å². The summed E-state index contributed by atoms with van der Waals surface area (Å²) in [6, 6.07) is 7.71. The lowest BCUT2D eigenvalue weighted by Crippen LogP contribution is -1.97. The highest BCUT2D eigenvalue weighted by Crippen LogP contribution is 2.21. The summed E-state index contributed by atoms with van der Waals surface area (Å²) < 4.78 is 5.40. The van der Waals surface area contributed by atoms with Gasteiger partial charge >= 0.3 is 5.97 Å². The Morgan fingerprint density at radius 2 is 2.20 bits per heavy atom. The average Bonchev–Trinajstić information content (AvgIpc) is 2.57. The van der Waals surface area contributed by atoms with Crippen LogP contribution in [-0.2, 0) is 17.6 Å². The van der Waals surface area contributed by atoms with Crippen LogP contribution in [0.1, 0.15) is 18.2 Å². The summed E-state index contributed by atoms with van der Waals surface area (Å²) in [5.41, 5.74) is 1.98. The molecule has 0 atom stereocenters. The van der Waals surface area contributed by atoms with Crippen LogP contribution in [0.5, 0.6) is 0 Å². The summed E-state index contributed by atoms with van der Waals surface area (Å²) in [6.07, 6.45) is 0.908. The zero-order valence-electron chi connectivity index (χ0n) is 8.49. The topological polar surface area (TPSA) is 50.4 Å². The second kappa shape index (κ2) is 3.77. The van der Waals surface area contributed by atoms with Crippen LogP contribution < -0.4 is 0 Å². The molecule has 2 rings (SSSR count). The molecule has 0 aliphatic carbocycles. The predicted octanol–water partition coefficient (Wildman–Crippen LogP) is 2.62. The zero-order chi connectivity index (χ0) is 10.8. The minimum absolute atomic E-state index is 0.0594. The molecule has 1 aromatic carbocycles. The third-order valence-electron chi connectivity index (χ3n) is 2.37. The van der Waals surface area contributed by atoms with Crippen molar-refractivity contribution >= 4 is 16.9 Å². The third kappa shape index (κ3) is 2.01. The first-order valence-corrected chi connectivity index (χ1v) is 4.92. The second-order valence-electron chi connectivity index (χ2n) is 3.51. The standard InChI is InChI=1S/C12H12O3/c1-2-8-3-4-11-9(5-8)6-10(15-11)7-12(13)14/h3-6H,2,7H2,1H3,(H,13,14). The Kier molecular flexibility index (Phi) is 2.46. The highest BCUT2D eigenvalue weighted by Gasteiger charge is 2.07. The maximum absolute atomic E-state index is 10.5. The summed E-state index contributed by atoms with van der Waals surface area (Å²) >= 11 is 0. The highest BCUT2D eigenvalue weighted by atomic mass is 16.4. The van der Waals surface area contributed by atoms with Gasteiger partial charge in [0.2, 0.25) is 0 Å². The van der Waals surface area contributed by atoms with E-state index in [9.17, 15) is 4.79 Å². The largest absolute Gasteiger partial charge is 0.481 e. The number of hydrogen-bond donors (Lipinski definition) is 1. The van der Waals surface area contributed by atoms with Crippen molar-refractivity contribution in [2.75, 3.05) is 0 Å². The van der Waals surface area contributed by atoms with E-state index < -0.39 is 5.97 Å². The summed E-state index contributed by atoms with van der Waals surface area (Å²) in [5, 5.41) is 9.61. The molecule has 0 aliphatic rings. The van der Waals surface area contributed by atoms with Gasteiger partial charge < -0.3 is 9.52 Å². The Morgan fingerprint density at radius 3 is 2.87 bits per heavy atom. The Morgan fingerprint density at radius 1 is 1.40 bits per heavy atom. The van der Waals surface area contributed by atoms with Crippen LogP contribution in [0.2, 0.25) is 0 Å². The molecule has 15 heavy (non-hydrogen) atoms. The van der Waals surface area contributed by atoms with Crippen LogP contribution in [0.15, 0.2) is 28.7 Å². The summed E-state index contributed by atoms with van der Waals surface area (Å²) in [4.78, 5) is 10.5. The van der Waals surface area contributed by atoms with Gasteiger partial charge in [-0.25, -0.2) is 0 Å². The summed E-state index contributed by atoms with van der Waals surface area (Å²) in [7, 11) is 0. The lowest BCUT2D eigenvalue weighted by molar-refractivity contribution is -0.136. The molecule has 1 heterocycles. The molecule has 1 N–H and O–H groups in total. The van der Waals surface area contributed by atoms with E-state index in [0.29, 0.717) is 5.76 Å². The van der Waals surface area contributed by atoms with Crippen LogP contribution in [0.25, 0.3) is 11.0 Å². The van der Waals surface area contributed by atoms with E-state index in [4.69, 9.17) is 9.52 Å². The second-order valence-corrected chi connectivity index (χ2v) is 3.51. The molecule has 78 valence electrons. The van der Waals surface area contributed by atoms with Crippen molar-refractivity contribution in [2.45, 2.75) is 19.8 Å². The third-order valence-corrected chi connectivity index (χ3v) is 2.37. The molecule has 0 spiro atoms. The molecular weight excluding hydrogens is 192 g/mol. The van der Waals surface area contributed by atoms with Crippen LogP contribution in [0, 0.1) is 0 Å². The molecule has 3 heteroatoms. The van der Waals surface area contributed by atoms with E-state index >= 15 is 0 Å². The zero-order valence-corrected chi connectivity index (χ0v) is 8.49. The van der Waals surface area contributed by atoms with Gasteiger partial charge in [0.15, 0.2) is 0 Å². The van der Waals surface area contributed by atoms with E-state index in [1.165, 1.54) is 5.56 Å². The smallest absolute Gasteiger partial charge is 0.311 e. The fraction of sp³-hybridized carbons (Fsp3) is 0.250. The fourth-order valence-electron chi connectivity index (χ4n) is 1.60. The highest BCUT2D eigenvalue weighted by molar-refractivity contribution is 5.80. The first-order valence-electron chi connectivity index (χ1n) is 4.92. The lowest BCUT2D eigenvalue weighted by atomic mass is 10.1. The van der Waals surface area contributed by atoms with Crippen molar-refractivity contribution in [3.05, 3.63) is 35.6 Å². The number of fused-ring (bicyclic) bond motifs is 1. The first kappa shape index (κ1) is 9.77. The molecular formula is C12H12O3. The normalized spacial score (nSPS) is 10.7. The van der Waals surface area contributed by atoms with Crippen molar-refractivity contribution < 1.29 is 14.3 Å². The number of hydrogen-bond acceptors (Lipinski definition) is 2. The van der Waals surface area contributed by atoms with Crippen LogP contribution in [0.4, 0.5) is 0 Å². The van der Waals surface area contributed by atoms with Gasteiger partial charge in [0.05, 0.1) is 0 Å². The van der Waals surface area contributed by atoms with Crippen molar-refractivity contribution in [3.63, 3.8) is 0 Å². The molecule has 0 radical (unpaired) electrons. The van der Waals surface area contributed by atoms with E-state index in [1.54, 1.807) is 6.07 Å². The maximum Gasteiger partial charge on any atom is 0.311 e. The quantitative estimate of drug-likeness (QED) is 0.836. The lowest BCUT2D eigenvalue weighted by Gasteiger charge is -1.93. The Bertz CT molecular complexity index is 497. The summed E-state index contributed by atoms with van der Waals surface area (Å²) in [6.45, 7) is 2.08. The van der Waals surface area contributed by atoms with E-state index in [2.05, 4.69) is 6.92 Å².